The van der Waals surface area contributed by atoms with Crippen LogP contribution in [-0.2, 0) is 4.79 Å². The number of para-hydroxylation sites is 2. The highest BCUT2D eigenvalue weighted by molar-refractivity contribution is 6.33. The van der Waals surface area contributed by atoms with Crippen LogP contribution in [0.3, 0.4) is 0 Å². The number of hydrogen-bond donors (Lipinski definition) is 1. The fourth-order valence-electron chi connectivity index (χ4n) is 4.45. The van der Waals surface area contributed by atoms with Crippen LogP contribution in [-0.4, -0.2) is 53.9 Å². The molecule has 2 saturated heterocycles. The van der Waals surface area contributed by atoms with Gasteiger partial charge in [0.1, 0.15) is 11.6 Å². The molecule has 3 heterocycles. The largest absolute Gasteiger partial charge is 0.371 e. The van der Waals surface area contributed by atoms with Gasteiger partial charge in [0.15, 0.2) is 0 Å². The molecular formula is C27H37ClN4O. The van der Waals surface area contributed by atoms with Crippen molar-refractivity contribution < 1.29 is 4.79 Å². The van der Waals surface area contributed by atoms with Crippen LogP contribution in [0, 0.1) is 11.8 Å². The normalized spacial score (nSPS) is 20.2. The Balaban J connectivity index is 0.000000289. The number of anilines is 1. The molecule has 0 saturated carbocycles. The number of fused-ring (bicyclic) bond motifs is 1. The molecule has 2 atom stereocenters. The van der Waals surface area contributed by atoms with Gasteiger partial charge in [0, 0.05) is 36.8 Å². The summed E-state index contributed by atoms with van der Waals surface area (Å²) in [5, 5.41) is 0.667. The van der Waals surface area contributed by atoms with Crippen molar-refractivity contribution in [1.82, 2.24) is 14.9 Å². The van der Waals surface area contributed by atoms with Gasteiger partial charge in [0.2, 0.25) is 0 Å². The zero-order valence-electron chi connectivity index (χ0n) is 20.6. The first-order valence-electron chi connectivity index (χ1n) is 12.1. The Morgan fingerprint density at radius 3 is 2.42 bits per heavy atom. The topological polar surface area (TPSA) is 52.2 Å². The number of halogens is 1. The SMILES string of the molecule is CC.CC(=O)C1CCN(c2ccc(Cl)c(-c3nc4ccccc4[nH]3)c2)C1.CC1CCN(C)C1. The van der Waals surface area contributed by atoms with Crippen molar-refractivity contribution in [3.8, 4) is 11.4 Å². The number of aromatic nitrogens is 2. The van der Waals surface area contributed by atoms with Crippen molar-refractivity contribution >= 4 is 34.1 Å². The Morgan fingerprint density at radius 2 is 1.85 bits per heavy atom. The van der Waals surface area contributed by atoms with E-state index in [1.165, 1.54) is 19.5 Å². The highest BCUT2D eigenvalue weighted by Crippen LogP contribution is 2.33. The second-order valence-corrected chi connectivity index (χ2v) is 9.37. The Morgan fingerprint density at radius 1 is 1.09 bits per heavy atom. The number of ketones is 1. The van der Waals surface area contributed by atoms with E-state index in [1.807, 2.05) is 50.2 Å². The fraction of sp³-hybridized carbons (Fsp3) is 0.481. The van der Waals surface area contributed by atoms with Gasteiger partial charge in [-0.05, 0) is 69.6 Å². The van der Waals surface area contributed by atoms with E-state index in [0.29, 0.717) is 5.02 Å². The van der Waals surface area contributed by atoms with Crippen LogP contribution in [0.5, 0.6) is 0 Å². The Labute approximate surface area is 203 Å². The van der Waals surface area contributed by atoms with Gasteiger partial charge in [-0.1, -0.05) is 44.5 Å². The highest BCUT2D eigenvalue weighted by atomic mass is 35.5. The third-order valence-electron chi connectivity index (χ3n) is 6.35. The van der Waals surface area contributed by atoms with E-state index in [0.717, 1.165) is 53.5 Å². The van der Waals surface area contributed by atoms with E-state index in [-0.39, 0.29) is 11.7 Å². The lowest BCUT2D eigenvalue weighted by molar-refractivity contribution is -0.120. The molecule has 2 aromatic carbocycles. The summed E-state index contributed by atoms with van der Waals surface area (Å²) in [5.74, 6) is 2.12. The molecule has 1 N–H and O–H groups in total. The van der Waals surface area contributed by atoms with E-state index in [9.17, 15) is 4.79 Å². The van der Waals surface area contributed by atoms with Gasteiger partial charge in [-0.2, -0.15) is 0 Å². The molecule has 2 fully saturated rings. The number of Topliss-reactive ketones (excluding diaryl/α,β-unsaturated/α-hetero) is 1. The van der Waals surface area contributed by atoms with Gasteiger partial charge >= 0.3 is 0 Å². The van der Waals surface area contributed by atoms with Crippen LogP contribution in [0.15, 0.2) is 42.5 Å². The number of rotatable bonds is 3. The summed E-state index contributed by atoms with van der Waals surface area (Å²) in [5.41, 5.74) is 3.88. The van der Waals surface area contributed by atoms with Crippen LogP contribution < -0.4 is 4.90 Å². The number of nitrogens with one attached hydrogen (secondary N) is 1. The van der Waals surface area contributed by atoms with Crippen LogP contribution in [0.4, 0.5) is 5.69 Å². The number of aromatic amines is 1. The first-order chi connectivity index (χ1) is 15.9. The second-order valence-electron chi connectivity index (χ2n) is 8.97. The summed E-state index contributed by atoms with van der Waals surface area (Å²) in [6.07, 6.45) is 2.31. The van der Waals surface area contributed by atoms with E-state index >= 15 is 0 Å². The standard InChI is InChI=1S/C19H18ClN3O.C6H13N.C2H6/c1-12(24)13-8-9-23(11-13)14-6-7-16(20)15(10-14)19-21-17-4-2-3-5-18(17)22-19;1-6-3-4-7(2)5-6;1-2/h2-7,10,13H,8-9,11H2,1H3,(H,21,22);6H,3-5H2,1-2H3;1-2H3. The van der Waals surface area contributed by atoms with Gasteiger partial charge < -0.3 is 14.8 Å². The molecule has 1 aromatic heterocycles. The molecule has 2 unspecified atom stereocenters. The summed E-state index contributed by atoms with van der Waals surface area (Å²) in [6.45, 7) is 12.3. The molecule has 0 aliphatic carbocycles. The maximum atomic E-state index is 11.6. The molecular weight excluding hydrogens is 432 g/mol. The summed E-state index contributed by atoms with van der Waals surface area (Å²) in [6, 6.07) is 13.9. The molecule has 0 radical (unpaired) electrons. The zero-order chi connectivity index (χ0) is 24.0. The molecule has 3 aromatic rings. The van der Waals surface area contributed by atoms with E-state index < -0.39 is 0 Å². The molecule has 178 valence electrons. The molecule has 33 heavy (non-hydrogen) atoms. The first-order valence-corrected chi connectivity index (χ1v) is 12.5. The van der Waals surface area contributed by atoms with E-state index in [1.54, 1.807) is 6.92 Å². The molecule has 2 aliphatic rings. The molecule has 5 nitrogen and oxygen atoms in total. The fourth-order valence-corrected chi connectivity index (χ4v) is 4.66. The van der Waals surface area contributed by atoms with Gasteiger partial charge in [0.05, 0.1) is 16.1 Å². The number of imidazole rings is 1. The molecule has 2 aliphatic heterocycles. The maximum Gasteiger partial charge on any atom is 0.140 e. The predicted molar refractivity (Wildman–Crippen MR) is 140 cm³/mol. The summed E-state index contributed by atoms with van der Waals surface area (Å²) in [4.78, 5) is 24.2. The molecule has 0 bridgehead atoms. The quantitative estimate of drug-likeness (QED) is 0.491. The number of carbonyl (C=O) groups excluding carboxylic acids is 1. The summed E-state index contributed by atoms with van der Waals surface area (Å²) < 4.78 is 0. The number of likely N-dealkylation sites (tertiary alicyclic amines) is 1. The Bertz CT molecular complexity index is 1020. The molecule has 6 heteroatoms. The minimum Gasteiger partial charge on any atom is -0.371 e. The minimum absolute atomic E-state index is 0.135. The zero-order valence-corrected chi connectivity index (χ0v) is 21.3. The first kappa shape index (κ1) is 25.3. The van der Waals surface area contributed by atoms with Crippen molar-refractivity contribution in [1.29, 1.82) is 0 Å². The third kappa shape index (κ3) is 6.36. The molecule has 0 spiro atoms. The van der Waals surface area contributed by atoms with E-state index in [2.05, 4.69) is 39.8 Å². The van der Waals surface area contributed by atoms with Gasteiger partial charge in [-0.25, -0.2) is 4.98 Å². The van der Waals surface area contributed by atoms with Crippen molar-refractivity contribution in [3.63, 3.8) is 0 Å². The minimum atomic E-state index is 0.135. The van der Waals surface area contributed by atoms with Crippen LogP contribution in [0.25, 0.3) is 22.4 Å². The van der Waals surface area contributed by atoms with Gasteiger partial charge in [-0.15, -0.1) is 0 Å². The monoisotopic (exact) mass is 468 g/mol. The highest BCUT2D eigenvalue weighted by Gasteiger charge is 2.26. The second kappa shape index (κ2) is 11.7. The van der Waals surface area contributed by atoms with Crippen LogP contribution in [0.1, 0.15) is 40.5 Å². The smallest absolute Gasteiger partial charge is 0.140 e. The maximum absolute atomic E-state index is 11.6. The Hall–Kier alpha value is -2.37. The number of nitrogens with zero attached hydrogens (tertiary/aromatic N) is 3. The lowest BCUT2D eigenvalue weighted by atomic mass is 10.1. The predicted octanol–water partition coefficient (Wildman–Crippen LogP) is 6.28. The number of carbonyl (C=O) groups is 1. The lowest BCUT2D eigenvalue weighted by Gasteiger charge is -2.19. The average molecular weight is 469 g/mol. The van der Waals surface area contributed by atoms with Crippen LogP contribution >= 0.6 is 11.6 Å². The molecule has 5 rings (SSSR count). The summed E-state index contributed by atoms with van der Waals surface area (Å²) >= 11 is 6.41. The van der Waals surface area contributed by atoms with Crippen molar-refractivity contribution in [2.45, 2.75) is 40.5 Å². The lowest BCUT2D eigenvalue weighted by Crippen LogP contribution is -2.21. The van der Waals surface area contributed by atoms with Gasteiger partial charge in [0.25, 0.3) is 0 Å². The van der Waals surface area contributed by atoms with Crippen molar-refractivity contribution in [2.24, 2.45) is 11.8 Å². The molecule has 0 amide bonds. The van der Waals surface area contributed by atoms with E-state index in [4.69, 9.17) is 11.6 Å². The average Bonchev–Trinajstić information content (AvgIpc) is 3.55. The van der Waals surface area contributed by atoms with Gasteiger partial charge in [-0.3, -0.25) is 4.79 Å². The van der Waals surface area contributed by atoms with Crippen molar-refractivity contribution in [3.05, 3.63) is 47.5 Å². The number of hydrogen-bond acceptors (Lipinski definition) is 4. The Kier molecular flexibility index (Phi) is 8.93. The van der Waals surface area contributed by atoms with Crippen LogP contribution in [0.2, 0.25) is 5.02 Å². The summed E-state index contributed by atoms with van der Waals surface area (Å²) in [7, 11) is 2.18. The number of H-pyrrole nitrogens is 1. The third-order valence-corrected chi connectivity index (χ3v) is 6.68. The van der Waals surface area contributed by atoms with Crippen molar-refractivity contribution in [2.75, 3.05) is 38.1 Å². The number of benzene rings is 2.